The third-order valence-electron chi connectivity index (χ3n) is 2.95. The maximum Gasteiger partial charge on any atom is 0.106 e. The van der Waals surface area contributed by atoms with E-state index >= 15 is 0 Å². The van der Waals surface area contributed by atoms with Gasteiger partial charge in [-0.05, 0) is 54.6 Å². The zero-order valence-corrected chi connectivity index (χ0v) is 11.4. The van der Waals surface area contributed by atoms with Crippen molar-refractivity contribution in [3.8, 4) is 11.1 Å². The highest BCUT2D eigenvalue weighted by Crippen LogP contribution is 2.48. The second-order valence-electron chi connectivity index (χ2n) is 3.81. The van der Waals surface area contributed by atoms with E-state index in [2.05, 4.69) is 31.9 Å². The molecule has 0 aromatic heterocycles. The second-order valence-corrected chi connectivity index (χ2v) is 5.46. The molecule has 3 heteroatoms. The Morgan fingerprint density at radius 2 is 1.69 bits per heavy atom. The van der Waals surface area contributed by atoms with Gasteiger partial charge in [-0.25, -0.2) is 0 Å². The van der Waals surface area contributed by atoms with Crippen molar-refractivity contribution in [3.63, 3.8) is 0 Å². The molecule has 1 aliphatic rings. The third kappa shape index (κ3) is 1.32. The summed E-state index contributed by atoms with van der Waals surface area (Å²) in [6.07, 6.45) is -0.530. The molecular weight excluding hydrogens is 332 g/mol. The number of aliphatic hydroxyl groups is 1. The highest BCUT2D eigenvalue weighted by atomic mass is 79.9. The number of halogens is 2. The van der Waals surface area contributed by atoms with Gasteiger partial charge in [-0.2, -0.15) is 0 Å². The zero-order chi connectivity index (χ0) is 11.3. The second kappa shape index (κ2) is 3.69. The van der Waals surface area contributed by atoms with E-state index in [-0.39, 0.29) is 0 Å². The summed E-state index contributed by atoms with van der Waals surface area (Å²) >= 11 is 6.99. The van der Waals surface area contributed by atoms with Crippen molar-refractivity contribution in [2.75, 3.05) is 0 Å². The van der Waals surface area contributed by atoms with Crippen LogP contribution in [0.15, 0.2) is 45.3 Å². The van der Waals surface area contributed by atoms with Crippen LogP contribution in [0.4, 0.5) is 0 Å². The molecular formula is C13H8Br2O. The average Bonchev–Trinajstić information content (AvgIpc) is 2.59. The molecule has 0 fully saturated rings. The number of hydrogen-bond donors (Lipinski definition) is 1. The highest BCUT2D eigenvalue weighted by molar-refractivity contribution is 9.13. The van der Waals surface area contributed by atoms with Crippen molar-refractivity contribution in [1.29, 1.82) is 0 Å². The van der Waals surface area contributed by atoms with E-state index in [0.29, 0.717) is 0 Å². The van der Waals surface area contributed by atoms with Gasteiger partial charge in [-0.3, -0.25) is 0 Å². The minimum absolute atomic E-state index is 0.530. The van der Waals surface area contributed by atoms with Crippen molar-refractivity contribution < 1.29 is 5.11 Å². The van der Waals surface area contributed by atoms with Crippen LogP contribution in [0.25, 0.3) is 11.1 Å². The largest absolute Gasteiger partial charge is 0.384 e. The summed E-state index contributed by atoms with van der Waals surface area (Å²) in [4.78, 5) is 0. The first-order chi connectivity index (χ1) is 7.70. The van der Waals surface area contributed by atoms with Gasteiger partial charge in [0.15, 0.2) is 0 Å². The standard InChI is InChI=1S/C13H8Br2O/c14-10-6-5-8-7-3-1-2-4-9(7)13(16)11(8)12(10)15/h1-6,13,16H. The van der Waals surface area contributed by atoms with Crippen LogP contribution in [0, 0.1) is 0 Å². The molecule has 2 aromatic rings. The first-order valence-corrected chi connectivity index (χ1v) is 6.54. The van der Waals surface area contributed by atoms with Crippen LogP contribution >= 0.6 is 31.9 Å². The summed E-state index contributed by atoms with van der Waals surface area (Å²) in [5.41, 5.74) is 4.17. The number of fused-ring (bicyclic) bond motifs is 3. The molecule has 0 bridgehead atoms. The Kier molecular flexibility index (Phi) is 2.42. The monoisotopic (exact) mass is 338 g/mol. The zero-order valence-electron chi connectivity index (χ0n) is 8.24. The van der Waals surface area contributed by atoms with E-state index in [9.17, 15) is 5.11 Å². The maximum atomic E-state index is 10.3. The van der Waals surface area contributed by atoms with E-state index in [4.69, 9.17) is 0 Å². The molecule has 0 spiro atoms. The SMILES string of the molecule is OC1c2ccccc2-c2ccc(Br)c(Br)c21. The van der Waals surface area contributed by atoms with Crippen LogP contribution in [0.1, 0.15) is 17.2 Å². The van der Waals surface area contributed by atoms with Crippen LogP contribution in [0.2, 0.25) is 0 Å². The fourth-order valence-corrected chi connectivity index (χ4v) is 3.11. The summed E-state index contributed by atoms with van der Waals surface area (Å²) in [6, 6.07) is 12.0. The van der Waals surface area contributed by atoms with Crippen molar-refractivity contribution in [1.82, 2.24) is 0 Å². The molecule has 0 saturated carbocycles. The van der Waals surface area contributed by atoms with Gasteiger partial charge in [0.1, 0.15) is 6.10 Å². The summed E-state index contributed by atoms with van der Waals surface area (Å²) in [6.45, 7) is 0. The summed E-state index contributed by atoms with van der Waals surface area (Å²) in [5.74, 6) is 0. The van der Waals surface area contributed by atoms with Crippen LogP contribution < -0.4 is 0 Å². The smallest absolute Gasteiger partial charge is 0.106 e. The van der Waals surface area contributed by atoms with Gasteiger partial charge in [0.25, 0.3) is 0 Å². The maximum absolute atomic E-state index is 10.3. The van der Waals surface area contributed by atoms with Crippen LogP contribution in [0.3, 0.4) is 0 Å². The lowest BCUT2D eigenvalue weighted by molar-refractivity contribution is 0.224. The van der Waals surface area contributed by atoms with E-state index in [1.54, 1.807) is 0 Å². The first kappa shape index (κ1) is 10.5. The Labute approximate surface area is 110 Å². The Balaban J connectivity index is 2.37. The molecule has 0 aliphatic heterocycles. The molecule has 1 aliphatic carbocycles. The predicted molar refractivity (Wildman–Crippen MR) is 71.3 cm³/mol. The lowest BCUT2D eigenvalue weighted by Crippen LogP contribution is -1.95. The Bertz CT molecular complexity index is 578. The molecule has 1 atom stereocenters. The quantitative estimate of drug-likeness (QED) is 0.759. The number of rotatable bonds is 0. The van der Waals surface area contributed by atoms with Gasteiger partial charge >= 0.3 is 0 Å². The third-order valence-corrected chi connectivity index (χ3v) is 5.00. The molecule has 3 rings (SSSR count). The molecule has 1 unspecified atom stereocenters. The molecule has 80 valence electrons. The molecule has 16 heavy (non-hydrogen) atoms. The molecule has 0 amide bonds. The topological polar surface area (TPSA) is 20.2 Å². The van der Waals surface area contributed by atoms with Gasteiger partial charge in [-0.15, -0.1) is 0 Å². The summed E-state index contributed by atoms with van der Waals surface area (Å²) in [7, 11) is 0. The lowest BCUT2D eigenvalue weighted by Gasteiger charge is -2.08. The summed E-state index contributed by atoms with van der Waals surface area (Å²) < 4.78 is 1.91. The lowest BCUT2D eigenvalue weighted by atomic mass is 10.1. The predicted octanol–water partition coefficient (Wildman–Crippen LogP) is 4.27. The van der Waals surface area contributed by atoms with E-state index in [0.717, 1.165) is 31.2 Å². The van der Waals surface area contributed by atoms with Crippen molar-refractivity contribution in [2.24, 2.45) is 0 Å². The number of hydrogen-bond acceptors (Lipinski definition) is 1. The molecule has 0 heterocycles. The van der Waals surface area contributed by atoms with Gasteiger partial charge in [-0.1, -0.05) is 30.3 Å². The minimum atomic E-state index is -0.530. The van der Waals surface area contributed by atoms with Gasteiger partial charge in [0.05, 0.1) is 0 Å². The molecule has 2 aromatic carbocycles. The van der Waals surface area contributed by atoms with Crippen LogP contribution in [0.5, 0.6) is 0 Å². The van der Waals surface area contributed by atoms with Crippen molar-refractivity contribution in [3.05, 3.63) is 56.5 Å². The van der Waals surface area contributed by atoms with Gasteiger partial charge in [0, 0.05) is 14.5 Å². The first-order valence-electron chi connectivity index (χ1n) is 4.95. The molecule has 0 radical (unpaired) electrons. The minimum Gasteiger partial charge on any atom is -0.384 e. The fraction of sp³-hybridized carbons (Fsp3) is 0.0769. The normalized spacial score (nSPS) is 17.1. The highest BCUT2D eigenvalue weighted by Gasteiger charge is 2.29. The summed E-state index contributed by atoms with van der Waals surface area (Å²) in [5, 5.41) is 10.3. The van der Waals surface area contributed by atoms with Crippen LogP contribution in [-0.2, 0) is 0 Å². The van der Waals surface area contributed by atoms with Crippen molar-refractivity contribution >= 4 is 31.9 Å². The van der Waals surface area contributed by atoms with Gasteiger partial charge < -0.3 is 5.11 Å². The van der Waals surface area contributed by atoms with Gasteiger partial charge in [0.2, 0.25) is 0 Å². The molecule has 1 N–H and O–H groups in total. The Morgan fingerprint density at radius 1 is 0.938 bits per heavy atom. The number of aliphatic hydroxyl groups excluding tert-OH is 1. The van der Waals surface area contributed by atoms with E-state index in [1.165, 1.54) is 0 Å². The Morgan fingerprint density at radius 3 is 2.50 bits per heavy atom. The van der Waals surface area contributed by atoms with E-state index in [1.807, 2.05) is 36.4 Å². The Hall–Kier alpha value is -0.640. The van der Waals surface area contributed by atoms with Crippen LogP contribution in [-0.4, -0.2) is 5.11 Å². The molecule has 0 saturated heterocycles. The fourth-order valence-electron chi connectivity index (χ4n) is 2.20. The average molecular weight is 340 g/mol. The van der Waals surface area contributed by atoms with Crippen molar-refractivity contribution in [2.45, 2.75) is 6.10 Å². The van der Waals surface area contributed by atoms with E-state index < -0.39 is 6.10 Å². The number of benzene rings is 2. The molecule has 1 nitrogen and oxygen atoms in total.